The number of methoxy groups -OCH3 is 1. The molecule has 1 aromatic rings. The topological polar surface area (TPSA) is 34.1 Å². The van der Waals surface area contributed by atoms with E-state index in [0.717, 1.165) is 36.8 Å². The molecule has 0 aromatic carbocycles. The van der Waals surface area contributed by atoms with E-state index in [4.69, 9.17) is 16.3 Å². The summed E-state index contributed by atoms with van der Waals surface area (Å²) in [6.45, 7) is 3.10. The predicted octanol–water partition coefficient (Wildman–Crippen LogP) is 3.16. The third-order valence-corrected chi connectivity index (χ3v) is 2.94. The van der Waals surface area contributed by atoms with Crippen molar-refractivity contribution in [1.82, 2.24) is 4.98 Å². The summed E-state index contributed by atoms with van der Waals surface area (Å²) in [5, 5.41) is 3.27. The first-order valence-electron chi connectivity index (χ1n) is 5.56. The molecule has 4 heteroatoms. The molecule has 1 N–H and O–H groups in total. The van der Waals surface area contributed by atoms with E-state index in [1.807, 2.05) is 12.1 Å². The molecule has 1 aromatic heterocycles. The highest BCUT2D eigenvalue weighted by Gasteiger charge is 1.99. The van der Waals surface area contributed by atoms with E-state index in [2.05, 4.69) is 17.2 Å². The summed E-state index contributed by atoms with van der Waals surface area (Å²) in [7, 11) is 1.64. The van der Waals surface area contributed by atoms with Gasteiger partial charge in [0.15, 0.2) is 0 Å². The van der Waals surface area contributed by atoms with Crippen molar-refractivity contribution < 1.29 is 4.74 Å². The summed E-state index contributed by atoms with van der Waals surface area (Å²) in [5.41, 5.74) is 0. The summed E-state index contributed by atoms with van der Waals surface area (Å²) in [5.74, 6) is 2.99. The SMILES string of the molecule is COc1ccc(NCCCC(C)CCl)nc1. The van der Waals surface area contributed by atoms with Crippen LogP contribution in [0.5, 0.6) is 5.75 Å². The lowest BCUT2D eigenvalue weighted by Crippen LogP contribution is -2.06. The van der Waals surface area contributed by atoms with Crippen LogP contribution in [0.25, 0.3) is 0 Å². The van der Waals surface area contributed by atoms with Crippen LogP contribution in [-0.2, 0) is 0 Å². The second-order valence-electron chi connectivity index (χ2n) is 3.91. The number of rotatable bonds is 7. The number of hydrogen-bond acceptors (Lipinski definition) is 3. The molecule has 1 atom stereocenters. The number of anilines is 1. The maximum absolute atomic E-state index is 5.73. The van der Waals surface area contributed by atoms with Gasteiger partial charge < -0.3 is 10.1 Å². The van der Waals surface area contributed by atoms with Crippen molar-refractivity contribution >= 4 is 17.4 Å². The molecular weight excluding hydrogens is 224 g/mol. The monoisotopic (exact) mass is 242 g/mol. The number of alkyl halides is 1. The van der Waals surface area contributed by atoms with Gasteiger partial charge in [-0.1, -0.05) is 6.92 Å². The zero-order chi connectivity index (χ0) is 11.8. The third-order valence-electron chi connectivity index (χ3n) is 2.42. The standard InChI is InChI=1S/C12H19ClN2O/c1-10(8-13)4-3-7-14-12-6-5-11(16-2)9-15-12/h5-6,9-10H,3-4,7-8H2,1-2H3,(H,14,15). The fourth-order valence-electron chi connectivity index (χ4n) is 1.35. The average molecular weight is 243 g/mol. The first kappa shape index (κ1) is 13.1. The van der Waals surface area contributed by atoms with E-state index < -0.39 is 0 Å². The smallest absolute Gasteiger partial charge is 0.137 e. The van der Waals surface area contributed by atoms with Crippen molar-refractivity contribution in [2.45, 2.75) is 19.8 Å². The fraction of sp³-hybridized carbons (Fsp3) is 0.583. The van der Waals surface area contributed by atoms with Gasteiger partial charge in [0.05, 0.1) is 13.3 Å². The summed E-state index contributed by atoms with van der Waals surface area (Å²) < 4.78 is 5.04. The number of aromatic nitrogens is 1. The van der Waals surface area contributed by atoms with Gasteiger partial charge in [0.2, 0.25) is 0 Å². The molecule has 90 valence electrons. The Labute approximate surface area is 102 Å². The molecule has 1 rings (SSSR count). The van der Waals surface area contributed by atoms with Crippen LogP contribution in [0.4, 0.5) is 5.82 Å². The van der Waals surface area contributed by atoms with E-state index >= 15 is 0 Å². The molecule has 0 aliphatic carbocycles. The number of ether oxygens (including phenoxy) is 1. The number of pyridine rings is 1. The van der Waals surface area contributed by atoms with Crippen molar-refractivity contribution in [2.24, 2.45) is 5.92 Å². The van der Waals surface area contributed by atoms with Crippen LogP contribution < -0.4 is 10.1 Å². The first-order chi connectivity index (χ1) is 7.76. The summed E-state index contributed by atoms with van der Waals surface area (Å²) in [6, 6.07) is 3.82. The Morgan fingerprint density at radius 1 is 1.50 bits per heavy atom. The lowest BCUT2D eigenvalue weighted by molar-refractivity contribution is 0.413. The molecule has 1 unspecified atom stereocenters. The Kier molecular flexibility index (Phi) is 6.01. The molecule has 1 heterocycles. The molecule has 0 aliphatic heterocycles. The largest absolute Gasteiger partial charge is 0.495 e. The molecule has 3 nitrogen and oxygen atoms in total. The molecule has 0 radical (unpaired) electrons. The minimum Gasteiger partial charge on any atom is -0.495 e. The minimum atomic E-state index is 0.590. The second kappa shape index (κ2) is 7.34. The van der Waals surface area contributed by atoms with Crippen LogP contribution in [0.2, 0.25) is 0 Å². The van der Waals surface area contributed by atoms with Crippen molar-refractivity contribution in [3.05, 3.63) is 18.3 Å². The van der Waals surface area contributed by atoms with Crippen molar-refractivity contribution in [3.8, 4) is 5.75 Å². The molecule has 0 fully saturated rings. The molecule has 0 aliphatic rings. The van der Waals surface area contributed by atoms with Crippen molar-refractivity contribution in [1.29, 1.82) is 0 Å². The zero-order valence-corrected chi connectivity index (χ0v) is 10.6. The van der Waals surface area contributed by atoms with Crippen molar-refractivity contribution in [3.63, 3.8) is 0 Å². The highest BCUT2D eigenvalue weighted by molar-refractivity contribution is 6.18. The Morgan fingerprint density at radius 2 is 2.31 bits per heavy atom. The van der Waals surface area contributed by atoms with Gasteiger partial charge in [-0.2, -0.15) is 0 Å². The summed E-state index contributed by atoms with van der Waals surface area (Å²) in [4.78, 5) is 4.22. The Morgan fingerprint density at radius 3 is 2.88 bits per heavy atom. The van der Waals surface area contributed by atoms with Gasteiger partial charge in [0.25, 0.3) is 0 Å². The maximum Gasteiger partial charge on any atom is 0.137 e. The number of hydrogen-bond donors (Lipinski definition) is 1. The van der Waals surface area contributed by atoms with Gasteiger partial charge in [0.1, 0.15) is 11.6 Å². The highest BCUT2D eigenvalue weighted by Crippen LogP contribution is 2.12. The Balaban J connectivity index is 2.21. The highest BCUT2D eigenvalue weighted by atomic mass is 35.5. The Hall–Kier alpha value is -0.960. The average Bonchev–Trinajstić information content (AvgIpc) is 2.35. The van der Waals surface area contributed by atoms with Gasteiger partial charge in [-0.05, 0) is 30.9 Å². The van der Waals surface area contributed by atoms with E-state index in [1.165, 1.54) is 0 Å². The van der Waals surface area contributed by atoms with Gasteiger partial charge in [-0.15, -0.1) is 11.6 Å². The number of nitrogens with one attached hydrogen (secondary N) is 1. The molecule has 0 saturated carbocycles. The molecule has 0 amide bonds. The predicted molar refractivity (Wildman–Crippen MR) is 68.4 cm³/mol. The Bertz CT molecular complexity index is 290. The fourth-order valence-corrected chi connectivity index (χ4v) is 1.50. The lowest BCUT2D eigenvalue weighted by atomic mass is 10.1. The zero-order valence-electron chi connectivity index (χ0n) is 9.87. The van der Waals surface area contributed by atoms with Gasteiger partial charge in [0, 0.05) is 12.4 Å². The van der Waals surface area contributed by atoms with Crippen LogP contribution in [0.15, 0.2) is 18.3 Å². The van der Waals surface area contributed by atoms with Gasteiger partial charge in [-0.25, -0.2) is 4.98 Å². The van der Waals surface area contributed by atoms with E-state index in [0.29, 0.717) is 5.92 Å². The van der Waals surface area contributed by atoms with E-state index in [9.17, 15) is 0 Å². The lowest BCUT2D eigenvalue weighted by Gasteiger charge is -2.08. The summed E-state index contributed by atoms with van der Waals surface area (Å²) in [6.07, 6.45) is 3.97. The van der Waals surface area contributed by atoms with Crippen LogP contribution in [0.1, 0.15) is 19.8 Å². The van der Waals surface area contributed by atoms with Gasteiger partial charge in [-0.3, -0.25) is 0 Å². The second-order valence-corrected chi connectivity index (χ2v) is 4.22. The third kappa shape index (κ3) is 4.71. The van der Waals surface area contributed by atoms with Crippen LogP contribution in [-0.4, -0.2) is 24.5 Å². The van der Waals surface area contributed by atoms with Crippen LogP contribution in [0, 0.1) is 5.92 Å². The molecule has 0 bridgehead atoms. The first-order valence-corrected chi connectivity index (χ1v) is 6.09. The molecular formula is C12H19ClN2O. The minimum absolute atomic E-state index is 0.590. The molecule has 0 saturated heterocycles. The summed E-state index contributed by atoms with van der Waals surface area (Å²) >= 11 is 5.73. The molecule has 0 spiro atoms. The van der Waals surface area contributed by atoms with E-state index in [1.54, 1.807) is 13.3 Å². The van der Waals surface area contributed by atoms with Crippen LogP contribution >= 0.6 is 11.6 Å². The van der Waals surface area contributed by atoms with Crippen molar-refractivity contribution in [2.75, 3.05) is 24.9 Å². The number of halogens is 1. The number of nitrogens with zero attached hydrogens (tertiary/aromatic N) is 1. The molecule has 16 heavy (non-hydrogen) atoms. The van der Waals surface area contributed by atoms with Crippen LogP contribution in [0.3, 0.4) is 0 Å². The van der Waals surface area contributed by atoms with Gasteiger partial charge >= 0.3 is 0 Å². The maximum atomic E-state index is 5.73. The quantitative estimate of drug-likeness (QED) is 0.589. The normalized spacial score (nSPS) is 12.2. The van der Waals surface area contributed by atoms with E-state index in [-0.39, 0.29) is 0 Å².